The molecule has 18 heavy (non-hydrogen) atoms. The van der Waals surface area contributed by atoms with Gasteiger partial charge >= 0.3 is 11.1 Å². The molecular weight excluding hydrogens is 252 g/mol. The van der Waals surface area contributed by atoms with Gasteiger partial charge in [-0.15, -0.1) is 0 Å². The van der Waals surface area contributed by atoms with Crippen molar-refractivity contribution in [1.82, 2.24) is 14.8 Å². The standard InChI is InChI=1S/C11H14N4O2S/c1-15-11(13-9(16)10(17)14-15)18-8-5-3-2-4-7(8)6-12/h7-8H,2-5H2,1H3,(H,14,17). The summed E-state index contributed by atoms with van der Waals surface area (Å²) in [5, 5.41) is 12.1. The highest BCUT2D eigenvalue weighted by atomic mass is 32.2. The Labute approximate surface area is 108 Å². The smallest absolute Gasteiger partial charge is 0.265 e. The van der Waals surface area contributed by atoms with Crippen molar-refractivity contribution in [2.24, 2.45) is 13.0 Å². The molecule has 7 heteroatoms. The zero-order valence-corrected chi connectivity index (χ0v) is 10.9. The number of hydrogen-bond acceptors (Lipinski definition) is 5. The fourth-order valence-corrected chi connectivity index (χ4v) is 3.34. The van der Waals surface area contributed by atoms with E-state index < -0.39 is 11.1 Å². The first-order chi connectivity index (χ1) is 8.61. The number of rotatable bonds is 2. The number of thioether (sulfide) groups is 1. The molecule has 0 aliphatic heterocycles. The van der Waals surface area contributed by atoms with Gasteiger partial charge < -0.3 is 0 Å². The second kappa shape index (κ2) is 5.40. The van der Waals surface area contributed by atoms with Crippen molar-refractivity contribution in [2.75, 3.05) is 0 Å². The predicted octanol–water partition coefficient (Wildman–Crippen LogP) is 0.643. The van der Waals surface area contributed by atoms with E-state index in [2.05, 4.69) is 16.2 Å². The van der Waals surface area contributed by atoms with Gasteiger partial charge in [0.05, 0.1) is 12.0 Å². The summed E-state index contributed by atoms with van der Waals surface area (Å²) in [5.41, 5.74) is -1.50. The number of nitriles is 1. The summed E-state index contributed by atoms with van der Waals surface area (Å²) in [6.45, 7) is 0. The Morgan fingerprint density at radius 1 is 1.44 bits per heavy atom. The van der Waals surface area contributed by atoms with E-state index in [-0.39, 0.29) is 11.2 Å². The van der Waals surface area contributed by atoms with Crippen molar-refractivity contribution >= 4 is 11.8 Å². The highest BCUT2D eigenvalue weighted by Crippen LogP contribution is 2.35. The Balaban J connectivity index is 2.23. The van der Waals surface area contributed by atoms with Gasteiger partial charge in [-0.1, -0.05) is 24.6 Å². The van der Waals surface area contributed by atoms with Gasteiger partial charge in [0.25, 0.3) is 0 Å². The van der Waals surface area contributed by atoms with Crippen LogP contribution in [0.3, 0.4) is 0 Å². The molecule has 0 amide bonds. The fourth-order valence-electron chi connectivity index (χ4n) is 2.09. The first-order valence-corrected chi connectivity index (χ1v) is 6.73. The summed E-state index contributed by atoms with van der Waals surface area (Å²) >= 11 is 1.41. The van der Waals surface area contributed by atoms with Gasteiger partial charge in [-0.25, -0.2) is 0 Å². The van der Waals surface area contributed by atoms with Crippen molar-refractivity contribution in [2.45, 2.75) is 36.1 Å². The molecule has 0 spiro atoms. The third-order valence-corrected chi connectivity index (χ3v) is 4.52. The Bertz CT molecular complexity index is 586. The lowest BCUT2D eigenvalue weighted by atomic mass is 9.90. The van der Waals surface area contributed by atoms with Crippen molar-refractivity contribution in [3.8, 4) is 6.07 Å². The van der Waals surface area contributed by atoms with E-state index in [1.807, 2.05) is 0 Å². The summed E-state index contributed by atoms with van der Waals surface area (Å²) in [5.74, 6) is -0.00687. The fraction of sp³-hybridized carbons (Fsp3) is 0.636. The lowest BCUT2D eigenvalue weighted by Crippen LogP contribution is -2.34. The molecule has 1 N–H and O–H groups in total. The number of aromatic nitrogens is 3. The Morgan fingerprint density at radius 2 is 2.17 bits per heavy atom. The third kappa shape index (κ3) is 2.64. The molecule has 0 bridgehead atoms. The molecule has 0 radical (unpaired) electrons. The van der Waals surface area contributed by atoms with Crippen molar-refractivity contribution in [3.63, 3.8) is 0 Å². The van der Waals surface area contributed by atoms with Crippen LogP contribution in [-0.4, -0.2) is 20.0 Å². The van der Waals surface area contributed by atoms with Gasteiger partial charge in [-0.05, 0) is 12.8 Å². The molecule has 2 atom stereocenters. The molecule has 1 saturated carbocycles. The summed E-state index contributed by atoms with van der Waals surface area (Å²) in [6.07, 6.45) is 4.00. The molecule has 1 aromatic heterocycles. The van der Waals surface area contributed by atoms with Crippen molar-refractivity contribution < 1.29 is 0 Å². The van der Waals surface area contributed by atoms with E-state index in [9.17, 15) is 9.59 Å². The molecule has 1 heterocycles. The average molecular weight is 266 g/mol. The first kappa shape index (κ1) is 12.9. The van der Waals surface area contributed by atoms with Crippen LogP contribution in [-0.2, 0) is 7.05 Å². The topological polar surface area (TPSA) is 91.5 Å². The minimum atomic E-state index is -0.778. The maximum absolute atomic E-state index is 11.2. The predicted molar refractivity (Wildman–Crippen MR) is 67.3 cm³/mol. The monoisotopic (exact) mass is 266 g/mol. The zero-order valence-electron chi connectivity index (χ0n) is 10.0. The van der Waals surface area contributed by atoms with E-state index in [4.69, 9.17) is 5.26 Å². The molecule has 1 aromatic rings. The minimum absolute atomic E-state index is 0.00687. The summed E-state index contributed by atoms with van der Waals surface area (Å²) < 4.78 is 1.44. The molecule has 1 aliphatic rings. The lowest BCUT2D eigenvalue weighted by molar-refractivity contribution is 0.437. The number of nitrogens with one attached hydrogen (secondary N) is 1. The third-order valence-electron chi connectivity index (χ3n) is 3.07. The van der Waals surface area contributed by atoms with Gasteiger partial charge in [0.2, 0.25) is 0 Å². The molecule has 1 fully saturated rings. The van der Waals surface area contributed by atoms with Crippen molar-refractivity contribution in [1.29, 1.82) is 5.26 Å². The van der Waals surface area contributed by atoms with Crippen LogP contribution in [0.5, 0.6) is 0 Å². The SMILES string of the molecule is Cn1[nH]c(=O)c(=O)nc1SC1CCCCC1C#N. The molecule has 2 unspecified atom stereocenters. The summed E-state index contributed by atoms with van der Waals surface area (Å²) in [6, 6.07) is 2.31. The van der Waals surface area contributed by atoms with E-state index in [1.54, 1.807) is 7.05 Å². The molecule has 0 saturated heterocycles. The number of nitrogens with zero attached hydrogens (tertiary/aromatic N) is 3. The van der Waals surface area contributed by atoms with Crippen LogP contribution in [0.25, 0.3) is 0 Å². The van der Waals surface area contributed by atoms with E-state index in [0.29, 0.717) is 5.16 Å². The van der Waals surface area contributed by atoms with Gasteiger partial charge in [0.1, 0.15) is 0 Å². The summed E-state index contributed by atoms with van der Waals surface area (Å²) in [7, 11) is 1.64. The molecule has 0 aromatic carbocycles. The minimum Gasteiger partial charge on any atom is -0.265 e. The van der Waals surface area contributed by atoms with Crippen molar-refractivity contribution in [3.05, 3.63) is 20.7 Å². The van der Waals surface area contributed by atoms with E-state index >= 15 is 0 Å². The largest absolute Gasteiger partial charge is 0.339 e. The number of hydrogen-bond donors (Lipinski definition) is 1. The van der Waals surface area contributed by atoms with Gasteiger partial charge in [-0.2, -0.15) is 10.2 Å². The van der Waals surface area contributed by atoms with Crippen LogP contribution in [0.15, 0.2) is 14.7 Å². The first-order valence-electron chi connectivity index (χ1n) is 5.85. The number of aromatic amines is 1. The lowest BCUT2D eigenvalue weighted by Gasteiger charge is -2.25. The van der Waals surface area contributed by atoms with Gasteiger partial charge in [-0.3, -0.25) is 19.4 Å². The molecule has 1 aliphatic carbocycles. The molecule has 6 nitrogen and oxygen atoms in total. The quantitative estimate of drug-likeness (QED) is 0.793. The summed E-state index contributed by atoms with van der Waals surface area (Å²) in [4.78, 5) is 26.1. The maximum Gasteiger partial charge on any atom is 0.339 e. The van der Waals surface area contributed by atoms with Gasteiger partial charge in [0, 0.05) is 12.3 Å². The van der Waals surface area contributed by atoms with Crippen LogP contribution in [0, 0.1) is 17.2 Å². The Morgan fingerprint density at radius 3 is 2.89 bits per heavy atom. The number of H-pyrrole nitrogens is 1. The Kier molecular flexibility index (Phi) is 3.87. The normalized spacial score (nSPS) is 23.6. The van der Waals surface area contributed by atoms with Crippen LogP contribution in [0.1, 0.15) is 25.7 Å². The second-order valence-corrected chi connectivity index (χ2v) is 5.58. The van der Waals surface area contributed by atoms with Crippen LogP contribution in [0.4, 0.5) is 0 Å². The molecular formula is C11H14N4O2S. The van der Waals surface area contributed by atoms with Crippen LogP contribution in [0.2, 0.25) is 0 Å². The average Bonchev–Trinajstić information content (AvgIpc) is 2.36. The van der Waals surface area contributed by atoms with E-state index in [0.717, 1.165) is 25.7 Å². The zero-order chi connectivity index (χ0) is 13.1. The highest BCUT2D eigenvalue weighted by Gasteiger charge is 2.27. The van der Waals surface area contributed by atoms with Crippen LogP contribution >= 0.6 is 11.8 Å². The number of aryl methyl sites for hydroxylation is 1. The van der Waals surface area contributed by atoms with E-state index in [1.165, 1.54) is 16.4 Å². The van der Waals surface area contributed by atoms with Gasteiger partial charge in [0.15, 0.2) is 5.16 Å². The Hall–Kier alpha value is -1.55. The highest BCUT2D eigenvalue weighted by molar-refractivity contribution is 7.99. The molecule has 2 rings (SSSR count). The second-order valence-electron chi connectivity index (χ2n) is 4.38. The maximum atomic E-state index is 11.2. The van der Waals surface area contributed by atoms with Crippen LogP contribution < -0.4 is 11.1 Å². The molecule has 96 valence electrons.